The molecule has 0 heterocycles. The SMILES string of the molecule is Nc1cc(F)c(Nc2cccc(Br)c2)c(F)c1. The molecule has 0 aliphatic carbocycles. The topological polar surface area (TPSA) is 38.0 Å². The van der Waals surface area contributed by atoms with Crippen LogP contribution in [0.4, 0.5) is 25.8 Å². The van der Waals surface area contributed by atoms with Crippen molar-refractivity contribution in [2.24, 2.45) is 0 Å². The summed E-state index contributed by atoms with van der Waals surface area (Å²) < 4.78 is 27.8. The van der Waals surface area contributed by atoms with Gasteiger partial charge in [-0.3, -0.25) is 0 Å². The van der Waals surface area contributed by atoms with E-state index < -0.39 is 11.6 Å². The molecule has 5 heteroatoms. The van der Waals surface area contributed by atoms with Crippen LogP contribution in [0.15, 0.2) is 40.9 Å². The van der Waals surface area contributed by atoms with Gasteiger partial charge in [-0.2, -0.15) is 0 Å². The number of hydrogen-bond acceptors (Lipinski definition) is 2. The maximum Gasteiger partial charge on any atom is 0.151 e. The van der Waals surface area contributed by atoms with Crippen molar-refractivity contribution in [1.29, 1.82) is 0 Å². The van der Waals surface area contributed by atoms with Crippen molar-refractivity contribution in [3.63, 3.8) is 0 Å². The van der Waals surface area contributed by atoms with Gasteiger partial charge in [-0.1, -0.05) is 22.0 Å². The zero-order chi connectivity index (χ0) is 12.4. The van der Waals surface area contributed by atoms with Crippen LogP contribution in [0.3, 0.4) is 0 Å². The van der Waals surface area contributed by atoms with Crippen LogP contribution >= 0.6 is 15.9 Å². The highest BCUT2D eigenvalue weighted by atomic mass is 79.9. The maximum absolute atomic E-state index is 13.5. The highest BCUT2D eigenvalue weighted by Gasteiger charge is 2.10. The van der Waals surface area contributed by atoms with Gasteiger partial charge in [0.05, 0.1) is 0 Å². The number of rotatable bonds is 2. The van der Waals surface area contributed by atoms with Crippen molar-refractivity contribution in [2.45, 2.75) is 0 Å². The van der Waals surface area contributed by atoms with E-state index >= 15 is 0 Å². The van der Waals surface area contributed by atoms with E-state index in [9.17, 15) is 8.78 Å². The molecule has 0 saturated carbocycles. The van der Waals surface area contributed by atoms with E-state index in [-0.39, 0.29) is 11.4 Å². The van der Waals surface area contributed by atoms with E-state index in [4.69, 9.17) is 5.73 Å². The highest BCUT2D eigenvalue weighted by molar-refractivity contribution is 9.10. The minimum Gasteiger partial charge on any atom is -0.399 e. The normalized spacial score (nSPS) is 10.3. The molecule has 17 heavy (non-hydrogen) atoms. The number of halogens is 3. The average Bonchev–Trinajstić information content (AvgIpc) is 2.23. The van der Waals surface area contributed by atoms with E-state index in [1.54, 1.807) is 18.2 Å². The average molecular weight is 299 g/mol. The van der Waals surface area contributed by atoms with E-state index in [0.29, 0.717) is 5.69 Å². The molecular weight excluding hydrogens is 290 g/mol. The Balaban J connectivity index is 2.36. The summed E-state index contributed by atoms with van der Waals surface area (Å²) in [4.78, 5) is 0. The summed E-state index contributed by atoms with van der Waals surface area (Å²) in [5, 5.41) is 2.67. The van der Waals surface area contributed by atoms with Crippen molar-refractivity contribution in [3.8, 4) is 0 Å². The van der Waals surface area contributed by atoms with Crippen LogP contribution in [0.25, 0.3) is 0 Å². The number of benzene rings is 2. The third-order valence-corrected chi connectivity index (χ3v) is 2.65. The maximum atomic E-state index is 13.5. The van der Waals surface area contributed by atoms with Gasteiger partial charge in [0.2, 0.25) is 0 Å². The van der Waals surface area contributed by atoms with Gasteiger partial charge in [0, 0.05) is 15.8 Å². The number of nitrogens with two attached hydrogens (primary N) is 1. The molecule has 88 valence electrons. The highest BCUT2D eigenvalue weighted by Crippen LogP contribution is 2.26. The molecule has 0 radical (unpaired) electrons. The molecule has 0 saturated heterocycles. The molecule has 0 aliphatic heterocycles. The van der Waals surface area contributed by atoms with Gasteiger partial charge < -0.3 is 11.1 Å². The Hall–Kier alpha value is -1.62. The van der Waals surface area contributed by atoms with Gasteiger partial charge in [-0.25, -0.2) is 8.78 Å². The lowest BCUT2D eigenvalue weighted by Crippen LogP contribution is -1.99. The molecule has 0 amide bonds. The summed E-state index contributed by atoms with van der Waals surface area (Å²) in [5.74, 6) is -1.44. The second-order valence-corrected chi connectivity index (χ2v) is 4.41. The lowest BCUT2D eigenvalue weighted by atomic mass is 10.2. The van der Waals surface area contributed by atoms with Crippen LogP contribution in [-0.4, -0.2) is 0 Å². The summed E-state index contributed by atoms with van der Waals surface area (Å²) in [5.41, 5.74) is 5.76. The number of nitrogen functional groups attached to an aromatic ring is 1. The molecule has 0 fully saturated rings. The number of nitrogens with one attached hydrogen (secondary N) is 1. The predicted molar refractivity (Wildman–Crippen MR) is 68.2 cm³/mol. The Bertz CT molecular complexity index is 535. The minimum atomic E-state index is -0.720. The Morgan fingerprint density at radius 1 is 1.06 bits per heavy atom. The third kappa shape index (κ3) is 2.74. The first-order valence-electron chi connectivity index (χ1n) is 4.83. The predicted octanol–water partition coefficient (Wildman–Crippen LogP) is 4.05. The number of hydrogen-bond donors (Lipinski definition) is 2. The molecule has 0 aliphatic rings. The van der Waals surface area contributed by atoms with Gasteiger partial charge in [-0.05, 0) is 30.3 Å². The molecule has 0 unspecified atom stereocenters. The van der Waals surface area contributed by atoms with E-state index in [1.165, 1.54) is 0 Å². The van der Waals surface area contributed by atoms with E-state index in [2.05, 4.69) is 21.2 Å². The van der Waals surface area contributed by atoms with Crippen molar-refractivity contribution in [3.05, 3.63) is 52.5 Å². The van der Waals surface area contributed by atoms with Crippen molar-refractivity contribution in [1.82, 2.24) is 0 Å². The fraction of sp³-hybridized carbons (Fsp3) is 0. The first kappa shape index (κ1) is 11.9. The van der Waals surface area contributed by atoms with Gasteiger partial charge in [0.25, 0.3) is 0 Å². The molecule has 2 aromatic rings. The lowest BCUT2D eigenvalue weighted by Gasteiger charge is -2.09. The fourth-order valence-corrected chi connectivity index (χ4v) is 1.82. The molecular formula is C12H9BrF2N2. The number of anilines is 3. The van der Waals surface area contributed by atoms with E-state index in [1.807, 2.05) is 6.07 Å². The first-order chi connectivity index (χ1) is 8.06. The van der Waals surface area contributed by atoms with Crippen molar-refractivity contribution >= 4 is 33.0 Å². The van der Waals surface area contributed by atoms with Crippen LogP contribution in [0.1, 0.15) is 0 Å². The summed E-state index contributed by atoms with van der Waals surface area (Å²) in [7, 11) is 0. The Labute approximate surface area is 106 Å². The van der Waals surface area contributed by atoms with E-state index in [0.717, 1.165) is 16.6 Å². The molecule has 2 nitrogen and oxygen atoms in total. The minimum absolute atomic E-state index is 0.0554. The van der Waals surface area contributed by atoms with Gasteiger partial charge in [0.1, 0.15) is 5.69 Å². The zero-order valence-corrected chi connectivity index (χ0v) is 10.3. The van der Waals surface area contributed by atoms with Crippen LogP contribution < -0.4 is 11.1 Å². The van der Waals surface area contributed by atoms with Crippen LogP contribution in [-0.2, 0) is 0 Å². The van der Waals surface area contributed by atoms with Gasteiger partial charge in [-0.15, -0.1) is 0 Å². The second kappa shape index (κ2) is 4.71. The molecule has 0 spiro atoms. The first-order valence-corrected chi connectivity index (χ1v) is 5.62. The quantitative estimate of drug-likeness (QED) is 0.821. The van der Waals surface area contributed by atoms with Crippen molar-refractivity contribution < 1.29 is 8.78 Å². The largest absolute Gasteiger partial charge is 0.399 e. The molecule has 3 N–H and O–H groups in total. The second-order valence-electron chi connectivity index (χ2n) is 3.49. The van der Waals surface area contributed by atoms with Crippen LogP contribution in [0, 0.1) is 11.6 Å². The summed E-state index contributed by atoms with van der Waals surface area (Å²) in [6.45, 7) is 0. The van der Waals surface area contributed by atoms with Crippen LogP contribution in [0.5, 0.6) is 0 Å². The summed E-state index contributed by atoms with van der Waals surface area (Å²) in [6.07, 6.45) is 0. The summed E-state index contributed by atoms with van der Waals surface area (Å²) in [6, 6.07) is 9.16. The molecule has 2 rings (SSSR count). The summed E-state index contributed by atoms with van der Waals surface area (Å²) >= 11 is 3.28. The molecule has 0 bridgehead atoms. The van der Waals surface area contributed by atoms with Gasteiger partial charge >= 0.3 is 0 Å². The van der Waals surface area contributed by atoms with Crippen molar-refractivity contribution in [2.75, 3.05) is 11.1 Å². The molecule has 0 atom stereocenters. The Kier molecular flexibility index (Phi) is 3.28. The molecule has 0 aromatic heterocycles. The fourth-order valence-electron chi connectivity index (χ4n) is 1.42. The van der Waals surface area contributed by atoms with Gasteiger partial charge in [0.15, 0.2) is 11.6 Å². The smallest absolute Gasteiger partial charge is 0.151 e. The lowest BCUT2D eigenvalue weighted by molar-refractivity contribution is 0.592. The third-order valence-electron chi connectivity index (χ3n) is 2.16. The standard InChI is InChI=1S/C12H9BrF2N2/c13-7-2-1-3-9(4-7)17-12-10(14)5-8(16)6-11(12)15/h1-6,17H,16H2. The Morgan fingerprint density at radius 3 is 2.29 bits per heavy atom. The zero-order valence-electron chi connectivity index (χ0n) is 8.68. The van der Waals surface area contributed by atoms with Crippen LogP contribution in [0.2, 0.25) is 0 Å². The Morgan fingerprint density at radius 2 is 1.71 bits per heavy atom. The molecule has 2 aromatic carbocycles. The monoisotopic (exact) mass is 298 g/mol.